The molecular weight excluding hydrogens is 336 g/mol. The molecule has 1 aromatic heterocycles. The van der Waals surface area contributed by atoms with Gasteiger partial charge in [0.1, 0.15) is 0 Å². The molecule has 3 aromatic rings. The Morgan fingerprint density at radius 3 is 2.48 bits per heavy atom. The minimum absolute atomic E-state index is 0. The fraction of sp³-hybridized carbons (Fsp3) is 0.263. The van der Waals surface area contributed by atoms with Crippen LogP contribution in [0, 0.1) is 0 Å². The number of nitrogens with two attached hydrogens (primary N) is 1. The molecule has 5 nitrogen and oxygen atoms in total. The number of nitrogens with zero attached hydrogens (tertiary/aromatic N) is 1. The van der Waals surface area contributed by atoms with Crippen LogP contribution < -0.4 is 11.1 Å². The zero-order valence-electron chi connectivity index (χ0n) is 13.8. The van der Waals surface area contributed by atoms with Crippen LogP contribution in [0.4, 0.5) is 0 Å². The normalized spacial score (nSPS) is 15.0. The van der Waals surface area contributed by atoms with Crippen LogP contribution in [-0.4, -0.2) is 29.2 Å². The van der Waals surface area contributed by atoms with Crippen molar-refractivity contribution in [1.29, 1.82) is 0 Å². The summed E-state index contributed by atoms with van der Waals surface area (Å²) < 4.78 is 0. The van der Waals surface area contributed by atoms with Crippen LogP contribution in [0.3, 0.4) is 0 Å². The van der Waals surface area contributed by atoms with E-state index < -0.39 is 5.91 Å². The van der Waals surface area contributed by atoms with E-state index in [1.54, 1.807) is 0 Å². The number of nitrogens with one attached hydrogen (secondary N) is 2. The van der Waals surface area contributed by atoms with Crippen LogP contribution in [0.1, 0.15) is 34.8 Å². The Balaban J connectivity index is 0.00000182. The van der Waals surface area contributed by atoms with Gasteiger partial charge in [0.05, 0.1) is 16.8 Å². The molecule has 0 unspecified atom stereocenters. The third-order valence-corrected chi connectivity index (χ3v) is 4.80. The second-order valence-electron chi connectivity index (χ2n) is 6.31. The summed E-state index contributed by atoms with van der Waals surface area (Å²) >= 11 is 0. The minimum atomic E-state index is -0.432. The van der Waals surface area contributed by atoms with Crippen molar-refractivity contribution in [3.8, 4) is 11.1 Å². The first-order valence-electron chi connectivity index (χ1n) is 8.32. The van der Waals surface area contributed by atoms with Crippen LogP contribution in [0.2, 0.25) is 0 Å². The van der Waals surface area contributed by atoms with Crippen molar-refractivity contribution < 1.29 is 4.79 Å². The van der Waals surface area contributed by atoms with E-state index in [1.807, 2.05) is 36.4 Å². The van der Waals surface area contributed by atoms with E-state index in [0.717, 1.165) is 53.7 Å². The predicted octanol–water partition coefficient (Wildman–Crippen LogP) is 3.22. The van der Waals surface area contributed by atoms with Crippen molar-refractivity contribution in [2.45, 2.75) is 18.8 Å². The van der Waals surface area contributed by atoms with Crippen LogP contribution >= 0.6 is 12.4 Å². The maximum absolute atomic E-state index is 11.9. The molecule has 1 saturated heterocycles. The summed E-state index contributed by atoms with van der Waals surface area (Å²) in [5.74, 6) is -0.0231. The van der Waals surface area contributed by atoms with Gasteiger partial charge in [0.2, 0.25) is 0 Å². The number of H-pyrrole nitrogens is 1. The molecular formula is C19H21ClN4O. The van der Waals surface area contributed by atoms with E-state index in [2.05, 4.69) is 21.6 Å². The second kappa shape index (κ2) is 7.25. The number of amides is 1. The van der Waals surface area contributed by atoms with Gasteiger partial charge in [-0.05, 0) is 49.2 Å². The van der Waals surface area contributed by atoms with Gasteiger partial charge in [0.15, 0.2) is 0 Å². The number of primary amides is 1. The third-order valence-electron chi connectivity index (χ3n) is 4.80. The smallest absolute Gasteiger partial charge is 0.250 e. The highest BCUT2D eigenvalue weighted by Gasteiger charge is 2.22. The number of aromatic amines is 1. The van der Waals surface area contributed by atoms with Gasteiger partial charge in [-0.25, -0.2) is 0 Å². The Hall–Kier alpha value is -2.37. The summed E-state index contributed by atoms with van der Waals surface area (Å²) in [5.41, 5.74) is 9.97. The average molecular weight is 357 g/mol. The van der Waals surface area contributed by atoms with Gasteiger partial charge in [0.25, 0.3) is 5.91 Å². The molecule has 1 amide bonds. The monoisotopic (exact) mass is 356 g/mol. The quantitative estimate of drug-likeness (QED) is 0.673. The van der Waals surface area contributed by atoms with Gasteiger partial charge in [0, 0.05) is 11.3 Å². The number of rotatable bonds is 3. The van der Waals surface area contributed by atoms with E-state index in [4.69, 9.17) is 5.73 Å². The fourth-order valence-corrected chi connectivity index (χ4v) is 3.54. The number of piperidine rings is 1. The number of halogens is 1. The highest BCUT2D eigenvalue weighted by atomic mass is 35.5. The molecule has 6 heteroatoms. The molecule has 2 heterocycles. The summed E-state index contributed by atoms with van der Waals surface area (Å²) in [6, 6.07) is 14.0. The molecule has 0 spiro atoms. The average Bonchev–Trinajstić information content (AvgIpc) is 3.06. The molecule has 0 atom stereocenters. The summed E-state index contributed by atoms with van der Waals surface area (Å²) in [6.07, 6.45) is 2.11. The zero-order chi connectivity index (χ0) is 16.5. The van der Waals surface area contributed by atoms with E-state index in [-0.39, 0.29) is 12.4 Å². The Morgan fingerprint density at radius 2 is 1.80 bits per heavy atom. The number of benzene rings is 2. The molecule has 0 radical (unpaired) electrons. The maximum atomic E-state index is 11.9. The standard InChI is InChI=1S/C19H20N4O.ClH/c20-19(24)16-11-14(12-4-2-1-3-5-12)10-15-17(22-23-18(15)16)13-6-8-21-9-7-13;/h1-5,10-11,13,21H,6-9H2,(H2,20,24)(H,22,23);1H. The lowest BCUT2D eigenvalue weighted by Crippen LogP contribution is -2.26. The largest absolute Gasteiger partial charge is 0.366 e. The van der Waals surface area contributed by atoms with Crippen molar-refractivity contribution in [2.75, 3.05) is 13.1 Å². The van der Waals surface area contributed by atoms with Crippen LogP contribution in [0.25, 0.3) is 22.0 Å². The molecule has 25 heavy (non-hydrogen) atoms. The Morgan fingerprint density at radius 1 is 1.08 bits per heavy atom. The highest BCUT2D eigenvalue weighted by Crippen LogP contribution is 2.34. The number of fused-ring (bicyclic) bond motifs is 1. The molecule has 2 aromatic carbocycles. The van der Waals surface area contributed by atoms with Crippen molar-refractivity contribution in [3.05, 3.63) is 53.7 Å². The lowest BCUT2D eigenvalue weighted by Gasteiger charge is -2.21. The molecule has 4 rings (SSSR count). The molecule has 0 aliphatic carbocycles. The van der Waals surface area contributed by atoms with Gasteiger partial charge >= 0.3 is 0 Å². The van der Waals surface area contributed by atoms with Gasteiger partial charge in [-0.3, -0.25) is 9.89 Å². The molecule has 0 bridgehead atoms. The number of aromatic nitrogens is 2. The molecule has 0 saturated carbocycles. The first-order valence-corrected chi connectivity index (χ1v) is 8.32. The summed E-state index contributed by atoms with van der Waals surface area (Å²) in [6.45, 7) is 2.00. The van der Waals surface area contributed by atoms with Gasteiger partial charge in [-0.2, -0.15) is 5.10 Å². The van der Waals surface area contributed by atoms with Crippen molar-refractivity contribution >= 4 is 29.2 Å². The fourth-order valence-electron chi connectivity index (χ4n) is 3.54. The van der Waals surface area contributed by atoms with E-state index in [9.17, 15) is 4.79 Å². The van der Waals surface area contributed by atoms with Crippen LogP contribution in [-0.2, 0) is 0 Å². The Kier molecular flexibility index (Phi) is 5.06. The SMILES string of the molecule is Cl.NC(=O)c1cc(-c2ccccc2)cc2c(C3CCNCC3)n[nH]c12. The van der Waals surface area contributed by atoms with Crippen molar-refractivity contribution in [3.63, 3.8) is 0 Å². The first-order chi connectivity index (χ1) is 11.7. The molecule has 4 N–H and O–H groups in total. The van der Waals surface area contributed by atoms with Crippen LogP contribution in [0.15, 0.2) is 42.5 Å². The molecule has 130 valence electrons. The highest BCUT2D eigenvalue weighted by molar-refractivity contribution is 6.07. The van der Waals surface area contributed by atoms with Crippen LogP contribution in [0.5, 0.6) is 0 Å². The Bertz CT molecular complexity index is 885. The van der Waals surface area contributed by atoms with Gasteiger partial charge in [-0.1, -0.05) is 30.3 Å². The molecule has 1 aliphatic heterocycles. The maximum Gasteiger partial charge on any atom is 0.250 e. The lowest BCUT2D eigenvalue weighted by atomic mass is 9.90. The molecule has 1 fully saturated rings. The summed E-state index contributed by atoms with van der Waals surface area (Å²) in [4.78, 5) is 11.9. The Labute approximate surface area is 152 Å². The van der Waals surface area contributed by atoms with Crippen molar-refractivity contribution in [2.24, 2.45) is 5.73 Å². The zero-order valence-corrected chi connectivity index (χ0v) is 14.6. The van der Waals surface area contributed by atoms with Gasteiger partial charge < -0.3 is 11.1 Å². The van der Waals surface area contributed by atoms with E-state index in [0.29, 0.717) is 11.5 Å². The minimum Gasteiger partial charge on any atom is -0.366 e. The summed E-state index contributed by atoms with van der Waals surface area (Å²) in [5, 5.41) is 12.0. The predicted molar refractivity (Wildman–Crippen MR) is 102 cm³/mol. The van der Waals surface area contributed by atoms with Gasteiger partial charge in [-0.15, -0.1) is 12.4 Å². The second-order valence-corrected chi connectivity index (χ2v) is 6.31. The van der Waals surface area contributed by atoms with E-state index >= 15 is 0 Å². The number of hydrogen-bond donors (Lipinski definition) is 3. The van der Waals surface area contributed by atoms with E-state index in [1.165, 1.54) is 0 Å². The number of carbonyl (C=O) groups is 1. The third kappa shape index (κ3) is 3.25. The summed E-state index contributed by atoms with van der Waals surface area (Å²) in [7, 11) is 0. The molecule has 1 aliphatic rings. The topological polar surface area (TPSA) is 83.8 Å². The number of hydrogen-bond acceptors (Lipinski definition) is 3. The lowest BCUT2D eigenvalue weighted by molar-refractivity contribution is 0.100. The first kappa shape index (κ1) is 17.5. The van der Waals surface area contributed by atoms with Crippen molar-refractivity contribution in [1.82, 2.24) is 15.5 Å². The number of carbonyl (C=O) groups excluding carboxylic acids is 1.